The average Bonchev–Trinajstić information content (AvgIpc) is 2.37. The van der Waals surface area contributed by atoms with Gasteiger partial charge in [-0.1, -0.05) is 53.4 Å². The number of hydrogen-bond donors (Lipinski definition) is 0. The van der Waals surface area contributed by atoms with Crippen molar-refractivity contribution in [2.45, 2.75) is 104 Å². The largest absolute Gasteiger partial charge is 0.337 e. The summed E-state index contributed by atoms with van der Waals surface area (Å²) >= 11 is 0. The predicted octanol–water partition coefficient (Wildman–Crippen LogP) is 5.16. The Morgan fingerprint density at radius 1 is 0.895 bits per heavy atom. The molecular formula is C17H35NO. The van der Waals surface area contributed by atoms with Crippen LogP contribution in [0.2, 0.25) is 0 Å². The van der Waals surface area contributed by atoms with Gasteiger partial charge >= 0.3 is 0 Å². The molecule has 0 saturated carbocycles. The molecule has 0 heterocycles. The highest BCUT2D eigenvalue weighted by atomic mass is 16.2. The molecule has 0 aromatic rings. The van der Waals surface area contributed by atoms with Gasteiger partial charge in [0.1, 0.15) is 0 Å². The van der Waals surface area contributed by atoms with Crippen LogP contribution in [0.3, 0.4) is 0 Å². The van der Waals surface area contributed by atoms with Gasteiger partial charge in [-0.05, 0) is 32.6 Å². The highest BCUT2D eigenvalue weighted by Crippen LogP contribution is 2.21. The molecule has 0 aliphatic heterocycles. The van der Waals surface area contributed by atoms with Gasteiger partial charge in [0.25, 0.3) is 0 Å². The van der Waals surface area contributed by atoms with Crippen molar-refractivity contribution >= 4 is 5.91 Å². The van der Waals surface area contributed by atoms with E-state index in [9.17, 15) is 4.79 Å². The second kappa shape index (κ2) is 11.3. The molecule has 19 heavy (non-hydrogen) atoms. The van der Waals surface area contributed by atoms with Gasteiger partial charge in [0.2, 0.25) is 5.91 Å². The zero-order valence-corrected chi connectivity index (χ0v) is 13.9. The van der Waals surface area contributed by atoms with Crippen molar-refractivity contribution in [3.8, 4) is 0 Å². The van der Waals surface area contributed by atoms with Crippen LogP contribution in [0.5, 0.6) is 0 Å². The Hall–Kier alpha value is -0.530. The smallest absolute Gasteiger partial charge is 0.223 e. The number of hydrogen-bond acceptors (Lipinski definition) is 1. The Labute approximate surface area is 120 Å². The van der Waals surface area contributed by atoms with Gasteiger partial charge in [0.15, 0.2) is 0 Å². The summed E-state index contributed by atoms with van der Waals surface area (Å²) in [5.41, 5.74) is 0. The third-order valence-electron chi connectivity index (χ3n) is 3.84. The fraction of sp³-hybridized carbons (Fsp3) is 0.941. The molecule has 0 N–H and O–H groups in total. The summed E-state index contributed by atoms with van der Waals surface area (Å²) in [6, 6.07) is 0.864. The molecule has 114 valence electrons. The Kier molecular flexibility index (Phi) is 11.0. The molecule has 2 atom stereocenters. The number of nitrogens with zero attached hydrogens (tertiary/aromatic N) is 1. The maximum absolute atomic E-state index is 12.5. The highest BCUT2D eigenvalue weighted by molar-refractivity contribution is 5.76. The summed E-state index contributed by atoms with van der Waals surface area (Å²) in [7, 11) is 0. The first-order valence-corrected chi connectivity index (χ1v) is 8.43. The number of rotatable bonds is 11. The van der Waals surface area contributed by atoms with Crippen molar-refractivity contribution in [3.63, 3.8) is 0 Å². The molecule has 2 nitrogen and oxygen atoms in total. The fourth-order valence-corrected chi connectivity index (χ4v) is 2.90. The molecule has 0 saturated heterocycles. The van der Waals surface area contributed by atoms with Crippen LogP contribution in [0.4, 0.5) is 0 Å². The van der Waals surface area contributed by atoms with E-state index >= 15 is 0 Å². The lowest BCUT2D eigenvalue weighted by Gasteiger charge is -2.37. The van der Waals surface area contributed by atoms with Crippen molar-refractivity contribution < 1.29 is 4.79 Å². The van der Waals surface area contributed by atoms with Crippen LogP contribution in [-0.4, -0.2) is 22.9 Å². The molecule has 1 amide bonds. The zero-order valence-electron chi connectivity index (χ0n) is 13.9. The summed E-state index contributed by atoms with van der Waals surface area (Å²) in [4.78, 5) is 14.7. The SMILES string of the molecule is CCCCC(CCC)N(C(=O)CCC)C(C)CCC. The van der Waals surface area contributed by atoms with Crippen LogP contribution in [0.15, 0.2) is 0 Å². The fourth-order valence-electron chi connectivity index (χ4n) is 2.90. The quantitative estimate of drug-likeness (QED) is 0.507. The molecule has 0 aromatic carbocycles. The minimum atomic E-state index is 0.373. The molecule has 2 heteroatoms. The summed E-state index contributed by atoms with van der Waals surface area (Å²) in [6.45, 7) is 11.0. The van der Waals surface area contributed by atoms with Gasteiger partial charge in [-0.15, -0.1) is 0 Å². The zero-order chi connectivity index (χ0) is 14.7. The topological polar surface area (TPSA) is 20.3 Å². The van der Waals surface area contributed by atoms with E-state index in [1.54, 1.807) is 0 Å². The Morgan fingerprint density at radius 3 is 2.00 bits per heavy atom. The number of unbranched alkanes of at least 4 members (excludes halogenated alkanes) is 1. The summed E-state index contributed by atoms with van der Waals surface area (Å²) in [5, 5.41) is 0. The average molecular weight is 269 g/mol. The van der Waals surface area contributed by atoms with Crippen molar-refractivity contribution in [1.29, 1.82) is 0 Å². The first-order chi connectivity index (χ1) is 9.12. The number of amides is 1. The van der Waals surface area contributed by atoms with E-state index in [4.69, 9.17) is 0 Å². The van der Waals surface area contributed by atoms with E-state index in [1.807, 2.05) is 0 Å². The normalized spacial score (nSPS) is 14.2. The van der Waals surface area contributed by atoms with Crippen LogP contribution in [0, 0.1) is 0 Å². The van der Waals surface area contributed by atoms with E-state index in [2.05, 4.69) is 39.5 Å². The van der Waals surface area contributed by atoms with Crippen molar-refractivity contribution in [2.75, 3.05) is 0 Å². The summed E-state index contributed by atoms with van der Waals surface area (Å²) < 4.78 is 0. The minimum Gasteiger partial charge on any atom is -0.337 e. The monoisotopic (exact) mass is 269 g/mol. The molecule has 0 aliphatic rings. The van der Waals surface area contributed by atoms with E-state index in [0.29, 0.717) is 24.4 Å². The van der Waals surface area contributed by atoms with Gasteiger partial charge in [0.05, 0.1) is 0 Å². The molecule has 0 aliphatic carbocycles. The Balaban J connectivity index is 4.85. The van der Waals surface area contributed by atoms with E-state index in [0.717, 1.165) is 25.7 Å². The van der Waals surface area contributed by atoms with E-state index in [-0.39, 0.29) is 0 Å². The van der Waals surface area contributed by atoms with Crippen LogP contribution in [0.25, 0.3) is 0 Å². The van der Waals surface area contributed by atoms with Crippen molar-refractivity contribution in [3.05, 3.63) is 0 Å². The van der Waals surface area contributed by atoms with Gasteiger partial charge < -0.3 is 4.90 Å². The molecular weight excluding hydrogens is 234 g/mol. The van der Waals surface area contributed by atoms with Crippen LogP contribution in [-0.2, 0) is 4.79 Å². The van der Waals surface area contributed by atoms with Gasteiger partial charge in [-0.3, -0.25) is 4.79 Å². The molecule has 0 bridgehead atoms. The third-order valence-corrected chi connectivity index (χ3v) is 3.84. The second-order valence-corrected chi connectivity index (χ2v) is 5.77. The van der Waals surface area contributed by atoms with Crippen LogP contribution < -0.4 is 0 Å². The lowest BCUT2D eigenvalue weighted by molar-refractivity contribution is -0.136. The van der Waals surface area contributed by atoms with Gasteiger partial charge in [-0.2, -0.15) is 0 Å². The van der Waals surface area contributed by atoms with Gasteiger partial charge in [-0.25, -0.2) is 0 Å². The molecule has 0 fully saturated rings. The molecule has 0 radical (unpaired) electrons. The molecule has 2 unspecified atom stereocenters. The number of carbonyl (C=O) groups is 1. The van der Waals surface area contributed by atoms with E-state index < -0.39 is 0 Å². The second-order valence-electron chi connectivity index (χ2n) is 5.77. The Morgan fingerprint density at radius 2 is 1.53 bits per heavy atom. The first kappa shape index (κ1) is 18.5. The Bertz CT molecular complexity index is 227. The maximum Gasteiger partial charge on any atom is 0.223 e. The molecule has 0 aromatic heterocycles. The van der Waals surface area contributed by atoms with E-state index in [1.165, 1.54) is 25.7 Å². The lowest BCUT2D eigenvalue weighted by atomic mass is 9.99. The minimum absolute atomic E-state index is 0.373. The summed E-state index contributed by atoms with van der Waals surface area (Å²) in [5.74, 6) is 0.373. The molecule has 0 spiro atoms. The lowest BCUT2D eigenvalue weighted by Crippen LogP contribution is -2.46. The molecule has 0 rings (SSSR count). The van der Waals surface area contributed by atoms with Crippen LogP contribution in [0.1, 0.15) is 92.4 Å². The highest BCUT2D eigenvalue weighted by Gasteiger charge is 2.26. The third kappa shape index (κ3) is 6.98. The first-order valence-electron chi connectivity index (χ1n) is 8.43. The van der Waals surface area contributed by atoms with Crippen molar-refractivity contribution in [2.24, 2.45) is 0 Å². The van der Waals surface area contributed by atoms with Crippen molar-refractivity contribution in [1.82, 2.24) is 4.90 Å². The number of carbonyl (C=O) groups excluding carboxylic acids is 1. The van der Waals surface area contributed by atoms with Gasteiger partial charge in [0, 0.05) is 18.5 Å². The maximum atomic E-state index is 12.5. The predicted molar refractivity (Wildman–Crippen MR) is 84.3 cm³/mol. The standard InChI is InChI=1S/C17H35NO/c1-6-10-14-16(12-8-3)18(15(5)11-7-2)17(19)13-9-4/h15-16H,6-14H2,1-5H3. The van der Waals surface area contributed by atoms with Crippen LogP contribution >= 0.6 is 0 Å². The summed E-state index contributed by atoms with van der Waals surface area (Å²) in [6.07, 6.45) is 9.91.